The molecule has 84 valence electrons. The highest BCUT2D eigenvalue weighted by Gasteiger charge is 2.53. The van der Waals surface area contributed by atoms with Gasteiger partial charge in [0.05, 0.1) is 12.1 Å². The van der Waals surface area contributed by atoms with Crippen LogP contribution in [0.15, 0.2) is 0 Å². The zero-order chi connectivity index (χ0) is 11.3. The van der Waals surface area contributed by atoms with Gasteiger partial charge in [0, 0.05) is 22.9 Å². The highest BCUT2D eigenvalue weighted by molar-refractivity contribution is 14.1. The number of likely N-dealkylation sites (N-methyl/N-ethyl adjacent to an activating group) is 1. The van der Waals surface area contributed by atoms with Crippen molar-refractivity contribution in [1.29, 1.82) is 0 Å². The van der Waals surface area contributed by atoms with E-state index in [9.17, 15) is 10.2 Å². The Kier molecular flexibility index (Phi) is 3.21. The summed E-state index contributed by atoms with van der Waals surface area (Å²) < 4.78 is 1.79. The van der Waals surface area contributed by atoms with Crippen LogP contribution in [-0.4, -0.2) is 48.8 Å². The van der Waals surface area contributed by atoms with Gasteiger partial charge in [-0.2, -0.15) is 0 Å². The Morgan fingerprint density at radius 2 is 1.50 bits per heavy atom. The second kappa shape index (κ2) is 3.55. The number of aliphatic hydroxyl groups is 2. The molecule has 0 amide bonds. The first-order chi connectivity index (χ1) is 6.13. The van der Waals surface area contributed by atoms with Gasteiger partial charge in [0.15, 0.2) is 0 Å². The minimum absolute atomic E-state index is 0.120. The molecule has 5 heteroatoms. The molecule has 4 unspecified atom stereocenters. The van der Waals surface area contributed by atoms with E-state index in [1.807, 2.05) is 25.8 Å². The van der Waals surface area contributed by atoms with Crippen LogP contribution in [0.5, 0.6) is 0 Å². The zero-order valence-corrected chi connectivity index (χ0v) is 11.5. The summed E-state index contributed by atoms with van der Waals surface area (Å²) in [5.41, 5.74) is -1.83. The van der Waals surface area contributed by atoms with Gasteiger partial charge < -0.3 is 10.2 Å². The van der Waals surface area contributed by atoms with Gasteiger partial charge in [-0.1, -0.05) is 0 Å². The van der Waals surface area contributed by atoms with E-state index >= 15 is 0 Å². The molecule has 0 aromatic carbocycles. The van der Waals surface area contributed by atoms with Crippen molar-refractivity contribution >= 4 is 22.9 Å². The summed E-state index contributed by atoms with van der Waals surface area (Å²) >= 11 is 2.07. The van der Waals surface area contributed by atoms with Crippen LogP contribution in [0.1, 0.15) is 27.7 Å². The first-order valence-electron chi connectivity index (χ1n) is 4.76. The fourth-order valence-corrected chi connectivity index (χ4v) is 2.77. The summed E-state index contributed by atoms with van der Waals surface area (Å²) in [5.74, 6) is 0. The molecule has 1 aliphatic heterocycles. The van der Waals surface area contributed by atoms with Crippen molar-refractivity contribution < 1.29 is 10.2 Å². The van der Waals surface area contributed by atoms with E-state index in [-0.39, 0.29) is 12.1 Å². The van der Waals surface area contributed by atoms with Crippen molar-refractivity contribution in [2.75, 3.05) is 7.05 Å². The smallest absolute Gasteiger partial charge is 0.139 e. The fraction of sp³-hybridized carbons (Fsp3) is 1.00. The van der Waals surface area contributed by atoms with E-state index in [1.165, 1.54) is 0 Å². The van der Waals surface area contributed by atoms with Crippen LogP contribution in [0.2, 0.25) is 0 Å². The molecular weight excluding hydrogens is 295 g/mol. The maximum Gasteiger partial charge on any atom is 0.139 e. The van der Waals surface area contributed by atoms with Gasteiger partial charge in [0.2, 0.25) is 0 Å². The lowest BCUT2D eigenvalue weighted by atomic mass is 9.92. The van der Waals surface area contributed by atoms with E-state index in [2.05, 4.69) is 22.9 Å². The molecule has 0 bridgehead atoms. The molecule has 1 heterocycles. The van der Waals surface area contributed by atoms with Crippen molar-refractivity contribution in [1.82, 2.24) is 8.01 Å². The van der Waals surface area contributed by atoms with E-state index in [1.54, 1.807) is 17.0 Å². The molecule has 14 heavy (non-hydrogen) atoms. The van der Waals surface area contributed by atoms with Gasteiger partial charge in [0.25, 0.3) is 0 Å². The van der Waals surface area contributed by atoms with Crippen LogP contribution in [-0.2, 0) is 0 Å². The topological polar surface area (TPSA) is 46.9 Å². The standard InChI is InChI=1S/C9H19IN2O2/c1-6-9(4,14)12(10)7(2)8(3,13)11(6)5/h6-7,13-14H,1-5H3. The molecule has 1 rings (SSSR count). The highest BCUT2D eigenvalue weighted by atomic mass is 127. The highest BCUT2D eigenvalue weighted by Crippen LogP contribution is 2.38. The van der Waals surface area contributed by atoms with Gasteiger partial charge in [-0.25, -0.2) is 3.11 Å². The summed E-state index contributed by atoms with van der Waals surface area (Å²) in [7, 11) is 1.83. The quantitative estimate of drug-likeness (QED) is 0.512. The summed E-state index contributed by atoms with van der Waals surface area (Å²) in [6, 6.07) is -0.245. The van der Waals surface area contributed by atoms with E-state index in [4.69, 9.17) is 0 Å². The Morgan fingerprint density at radius 1 is 1.07 bits per heavy atom. The molecule has 4 nitrogen and oxygen atoms in total. The third-order valence-electron chi connectivity index (χ3n) is 3.65. The Bertz CT molecular complexity index is 189. The van der Waals surface area contributed by atoms with Crippen molar-refractivity contribution in [3.63, 3.8) is 0 Å². The SMILES string of the molecule is CC1N(I)C(C)(O)C(C)N(C)C1(C)O. The number of rotatable bonds is 0. The maximum absolute atomic E-state index is 10.3. The van der Waals surface area contributed by atoms with Crippen LogP contribution in [0.3, 0.4) is 0 Å². The van der Waals surface area contributed by atoms with Crippen LogP contribution in [0.25, 0.3) is 0 Å². The van der Waals surface area contributed by atoms with Gasteiger partial charge in [0.1, 0.15) is 11.4 Å². The number of hydrogen-bond acceptors (Lipinski definition) is 4. The summed E-state index contributed by atoms with van der Waals surface area (Å²) in [6.07, 6.45) is 0. The molecule has 0 aromatic heterocycles. The van der Waals surface area contributed by atoms with Crippen LogP contribution >= 0.6 is 22.9 Å². The van der Waals surface area contributed by atoms with Crippen molar-refractivity contribution in [2.24, 2.45) is 0 Å². The van der Waals surface area contributed by atoms with Crippen LogP contribution in [0, 0.1) is 0 Å². The largest absolute Gasteiger partial charge is 0.374 e. The molecule has 1 fully saturated rings. The predicted octanol–water partition coefficient (Wildman–Crippen LogP) is 0.778. The second-order valence-electron chi connectivity index (χ2n) is 4.46. The lowest BCUT2D eigenvalue weighted by Crippen LogP contribution is -2.73. The van der Waals surface area contributed by atoms with Crippen molar-refractivity contribution in [3.8, 4) is 0 Å². The minimum atomic E-state index is -0.920. The zero-order valence-electron chi connectivity index (χ0n) is 9.32. The predicted molar refractivity (Wildman–Crippen MR) is 63.8 cm³/mol. The monoisotopic (exact) mass is 314 g/mol. The molecule has 0 spiro atoms. The third kappa shape index (κ3) is 1.59. The second-order valence-corrected chi connectivity index (χ2v) is 5.50. The fourth-order valence-electron chi connectivity index (χ4n) is 1.84. The lowest BCUT2D eigenvalue weighted by Gasteiger charge is -2.57. The molecule has 4 atom stereocenters. The average Bonchev–Trinajstić information content (AvgIpc) is 2.11. The summed E-state index contributed by atoms with van der Waals surface area (Å²) in [4.78, 5) is 1.81. The van der Waals surface area contributed by atoms with Crippen LogP contribution < -0.4 is 0 Å². The number of nitrogens with zero attached hydrogens (tertiary/aromatic N) is 2. The van der Waals surface area contributed by atoms with Gasteiger partial charge in [-0.3, -0.25) is 4.90 Å². The third-order valence-corrected chi connectivity index (χ3v) is 5.46. The molecule has 1 aliphatic rings. The molecule has 2 N–H and O–H groups in total. The number of halogens is 1. The van der Waals surface area contributed by atoms with E-state index in [0.29, 0.717) is 0 Å². The molecular formula is C9H19IN2O2. The Labute approximate surface area is 99.4 Å². The normalized spacial score (nSPS) is 52.3. The summed E-state index contributed by atoms with van der Waals surface area (Å²) in [5, 5.41) is 20.5. The Hall–Kier alpha value is 0.570. The number of hydrogen-bond donors (Lipinski definition) is 2. The molecule has 0 saturated carbocycles. The molecule has 0 aromatic rings. The van der Waals surface area contributed by atoms with E-state index in [0.717, 1.165) is 0 Å². The Balaban J connectivity index is 3.07. The molecule has 0 radical (unpaired) electrons. The molecule has 0 aliphatic carbocycles. The van der Waals surface area contributed by atoms with Gasteiger partial charge in [-0.15, -0.1) is 0 Å². The van der Waals surface area contributed by atoms with Gasteiger partial charge in [-0.05, 0) is 34.7 Å². The Morgan fingerprint density at radius 3 is 1.93 bits per heavy atom. The van der Waals surface area contributed by atoms with Crippen LogP contribution in [0.4, 0.5) is 0 Å². The maximum atomic E-state index is 10.3. The lowest BCUT2D eigenvalue weighted by molar-refractivity contribution is -0.242. The first-order valence-corrected chi connectivity index (χ1v) is 5.72. The van der Waals surface area contributed by atoms with Crippen molar-refractivity contribution in [3.05, 3.63) is 0 Å². The van der Waals surface area contributed by atoms with Crippen molar-refractivity contribution in [2.45, 2.75) is 51.2 Å². The summed E-state index contributed by atoms with van der Waals surface area (Å²) in [6.45, 7) is 7.36. The minimum Gasteiger partial charge on any atom is -0.374 e. The van der Waals surface area contributed by atoms with Gasteiger partial charge >= 0.3 is 0 Å². The molecule has 1 saturated heterocycles. The first kappa shape index (κ1) is 12.6. The number of piperazine rings is 1. The average molecular weight is 314 g/mol. The van der Waals surface area contributed by atoms with E-state index < -0.39 is 11.4 Å².